The highest BCUT2D eigenvalue weighted by Gasteiger charge is 2.42. The number of thioether (sulfide) groups is 1. The average Bonchev–Trinajstić information content (AvgIpc) is 2.70. The standard InChI is InChI=1S/C9H9NS2/c10-6-9(3-4-9)7-12-8-2-1-5-11-8/h1-2,5H,3-4,7H2. The Bertz CT molecular complexity index is 293. The molecule has 0 atom stereocenters. The first kappa shape index (κ1) is 8.15. The summed E-state index contributed by atoms with van der Waals surface area (Å²) < 4.78 is 1.33. The lowest BCUT2D eigenvalue weighted by Gasteiger charge is -2.01. The maximum Gasteiger partial charge on any atom is 0.0698 e. The van der Waals surface area contributed by atoms with E-state index in [0.717, 1.165) is 18.6 Å². The van der Waals surface area contributed by atoms with Gasteiger partial charge in [-0.25, -0.2) is 0 Å². The third-order valence-corrected chi connectivity index (χ3v) is 4.50. The van der Waals surface area contributed by atoms with Gasteiger partial charge in [-0.05, 0) is 24.3 Å². The number of nitrogens with zero attached hydrogens (tertiary/aromatic N) is 1. The molecule has 1 aliphatic carbocycles. The number of rotatable bonds is 3. The second kappa shape index (κ2) is 3.12. The molecular formula is C9H9NS2. The van der Waals surface area contributed by atoms with Crippen molar-refractivity contribution in [3.05, 3.63) is 17.5 Å². The third-order valence-electron chi connectivity index (χ3n) is 2.08. The number of hydrogen-bond acceptors (Lipinski definition) is 3. The Kier molecular flexibility index (Phi) is 2.12. The van der Waals surface area contributed by atoms with Crippen molar-refractivity contribution in [2.24, 2.45) is 5.41 Å². The Labute approximate surface area is 80.4 Å². The predicted octanol–water partition coefficient (Wildman–Crippen LogP) is 3.14. The fraction of sp³-hybridized carbons (Fsp3) is 0.444. The Morgan fingerprint density at radius 3 is 3.00 bits per heavy atom. The maximum absolute atomic E-state index is 8.83. The van der Waals surface area contributed by atoms with Crippen LogP contribution in [0.5, 0.6) is 0 Å². The second-order valence-corrected chi connectivity index (χ2v) is 5.34. The van der Waals surface area contributed by atoms with Crippen LogP contribution >= 0.6 is 23.1 Å². The molecule has 0 amide bonds. The van der Waals surface area contributed by atoms with Crippen LogP contribution in [0.2, 0.25) is 0 Å². The summed E-state index contributed by atoms with van der Waals surface area (Å²) in [4.78, 5) is 0. The van der Waals surface area contributed by atoms with Gasteiger partial charge in [0.05, 0.1) is 15.7 Å². The lowest BCUT2D eigenvalue weighted by Crippen LogP contribution is -1.98. The molecule has 0 radical (unpaired) electrons. The Hall–Kier alpha value is -0.460. The lowest BCUT2D eigenvalue weighted by molar-refractivity contribution is 0.783. The summed E-state index contributed by atoms with van der Waals surface area (Å²) >= 11 is 3.57. The van der Waals surface area contributed by atoms with Gasteiger partial charge >= 0.3 is 0 Å². The molecule has 0 saturated heterocycles. The molecule has 0 aliphatic heterocycles. The van der Waals surface area contributed by atoms with E-state index in [-0.39, 0.29) is 5.41 Å². The molecule has 1 heterocycles. The van der Waals surface area contributed by atoms with Crippen molar-refractivity contribution in [3.8, 4) is 6.07 Å². The fourth-order valence-corrected chi connectivity index (χ4v) is 3.00. The molecule has 62 valence electrons. The van der Waals surface area contributed by atoms with Crippen LogP contribution in [0.3, 0.4) is 0 Å². The van der Waals surface area contributed by atoms with Gasteiger partial charge in [-0.15, -0.1) is 23.1 Å². The third kappa shape index (κ3) is 1.65. The normalized spacial score (nSPS) is 18.6. The summed E-state index contributed by atoms with van der Waals surface area (Å²) in [5.41, 5.74) is 0.0364. The molecule has 2 rings (SSSR count). The summed E-state index contributed by atoms with van der Waals surface area (Å²) in [5.74, 6) is 0.976. The van der Waals surface area contributed by atoms with E-state index in [0.29, 0.717) is 0 Å². The van der Waals surface area contributed by atoms with Gasteiger partial charge in [0.15, 0.2) is 0 Å². The Balaban J connectivity index is 1.88. The quantitative estimate of drug-likeness (QED) is 0.692. The van der Waals surface area contributed by atoms with Crippen molar-refractivity contribution in [2.45, 2.75) is 17.1 Å². The molecule has 0 unspecified atom stereocenters. The maximum atomic E-state index is 8.83. The molecule has 0 aromatic carbocycles. The van der Waals surface area contributed by atoms with Crippen LogP contribution in [0, 0.1) is 16.7 Å². The summed E-state index contributed by atoms with van der Waals surface area (Å²) in [6.07, 6.45) is 2.20. The van der Waals surface area contributed by atoms with Crippen molar-refractivity contribution in [1.29, 1.82) is 5.26 Å². The summed E-state index contributed by atoms with van der Waals surface area (Å²) in [6.45, 7) is 0. The number of nitriles is 1. The lowest BCUT2D eigenvalue weighted by atomic mass is 10.2. The van der Waals surface area contributed by atoms with Crippen LogP contribution in [0.1, 0.15) is 12.8 Å². The van der Waals surface area contributed by atoms with E-state index in [1.54, 1.807) is 11.3 Å². The minimum atomic E-state index is 0.0364. The van der Waals surface area contributed by atoms with E-state index in [1.807, 2.05) is 11.8 Å². The largest absolute Gasteiger partial charge is 0.198 e. The van der Waals surface area contributed by atoms with Gasteiger partial charge < -0.3 is 0 Å². The minimum Gasteiger partial charge on any atom is -0.198 e. The zero-order valence-corrected chi connectivity index (χ0v) is 8.25. The predicted molar refractivity (Wildman–Crippen MR) is 52.3 cm³/mol. The van der Waals surface area contributed by atoms with Gasteiger partial charge in [0.25, 0.3) is 0 Å². The van der Waals surface area contributed by atoms with E-state index < -0.39 is 0 Å². The molecule has 0 bridgehead atoms. The van der Waals surface area contributed by atoms with Crippen LogP contribution in [0.25, 0.3) is 0 Å². The highest BCUT2D eigenvalue weighted by atomic mass is 32.2. The van der Waals surface area contributed by atoms with Crippen LogP contribution in [0.4, 0.5) is 0 Å². The summed E-state index contributed by atoms with van der Waals surface area (Å²) in [7, 11) is 0. The SMILES string of the molecule is N#CC1(CSc2cccs2)CC1. The highest BCUT2D eigenvalue weighted by molar-refractivity contribution is 8.01. The first-order valence-corrected chi connectivity index (χ1v) is 5.79. The van der Waals surface area contributed by atoms with Crippen LogP contribution in [0.15, 0.2) is 21.7 Å². The zero-order chi connectivity index (χ0) is 8.44. The van der Waals surface area contributed by atoms with Gasteiger partial charge in [0, 0.05) is 5.75 Å². The van der Waals surface area contributed by atoms with Crippen molar-refractivity contribution >= 4 is 23.1 Å². The van der Waals surface area contributed by atoms with E-state index in [1.165, 1.54) is 4.21 Å². The average molecular weight is 195 g/mol. The monoisotopic (exact) mass is 195 g/mol. The topological polar surface area (TPSA) is 23.8 Å². The fourth-order valence-electron chi connectivity index (χ4n) is 0.994. The molecular weight excluding hydrogens is 186 g/mol. The van der Waals surface area contributed by atoms with Crippen LogP contribution in [-0.4, -0.2) is 5.75 Å². The highest BCUT2D eigenvalue weighted by Crippen LogP contribution is 2.48. The molecule has 3 heteroatoms. The van der Waals surface area contributed by atoms with Gasteiger partial charge in [-0.2, -0.15) is 5.26 Å². The molecule has 1 aromatic rings. The molecule has 1 nitrogen and oxygen atoms in total. The van der Waals surface area contributed by atoms with Gasteiger partial charge in [-0.3, -0.25) is 0 Å². The van der Waals surface area contributed by atoms with E-state index in [4.69, 9.17) is 5.26 Å². The minimum absolute atomic E-state index is 0.0364. The molecule has 1 aromatic heterocycles. The van der Waals surface area contributed by atoms with Gasteiger partial charge in [0.2, 0.25) is 0 Å². The zero-order valence-electron chi connectivity index (χ0n) is 6.62. The molecule has 1 saturated carbocycles. The van der Waals surface area contributed by atoms with Gasteiger partial charge in [-0.1, -0.05) is 6.07 Å². The first-order valence-electron chi connectivity index (χ1n) is 3.92. The Morgan fingerprint density at radius 2 is 2.50 bits per heavy atom. The molecule has 12 heavy (non-hydrogen) atoms. The summed E-state index contributed by atoms with van der Waals surface area (Å²) in [6, 6.07) is 6.57. The van der Waals surface area contributed by atoms with E-state index >= 15 is 0 Å². The van der Waals surface area contributed by atoms with Crippen molar-refractivity contribution in [1.82, 2.24) is 0 Å². The van der Waals surface area contributed by atoms with Crippen LogP contribution in [-0.2, 0) is 0 Å². The van der Waals surface area contributed by atoms with E-state index in [2.05, 4.69) is 23.6 Å². The van der Waals surface area contributed by atoms with Gasteiger partial charge in [0.1, 0.15) is 0 Å². The molecule has 1 fully saturated rings. The Morgan fingerprint density at radius 1 is 1.67 bits per heavy atom. The smallest absolute Gasteiger partial charge is 0.0698 e. The number of thiophene rings is 1. The first-order chi connectivity index (χ1) is 5.85. The van der Waals surface area contributed by atoms with Crippen molar-refractivity contribution < 1.29 is 0 Å². The number of hydrogen-bond donors (Lipinski definition) is 0. The van der Waals surface area contributed by atoms with Crippen LogP contribution < -0.4 is 0 Å². The molecule has 0 N–H and O–H groups in total. The summed E-state index contributed by atoms with van der Waals surface area (Å²) in [5, 5.41) is 10.9. The van der Waals surface area contributed by atoms with E-state index in [9.17, 15) is 0 Å². The second-order valence-electron chi connectivity index (χ2n) is 3.11. The molecule has 1 aliphatic rings. The van der Waals surface area contributed by atoms with Crippen molar-refractivity contribution in [2.75, 3.05) is 5.75 Å². The van der Waals surface area contributed by atoms with Crippen molar-refractivity contribution in [3.63, 3.8) is 0 Å². The molecule has 0 spiro atoms.